The summed E-state index contributed by atoms with van der Waals surface area (Å²) >= 11 is 0. The van der Waals surface area contributed by atoms with Crippen LogP contribution in [0.3, 0.4) is 0 Å². The van der Waals surface area contributed by atoms with Gasteiger partial charge in [0.1, 0.15) is 12.3 Å². The van der Waals surface area contributed by atoms with Crippen LogP contribution in [-0.4, -0.2) is 86.2 Å². The van der Waals surface area contributed by atoms with Gasteiger partial charge in [-0.25, -0.2) is 4.39 Å². The lowest BCUT2D eigenvalue weighted by atomic mass is 9.99. The average Bonchev–Trinajstić information content (AvgIpc) is 2.49. The van der Waals surface area contributed by atoms with Crippen LogP contribution in [0.5, 0.6) is 0 Å². The van der Waals surface area contributed by atoms with Crippen LogP contribution in [0.2, 0.25) is 0 Å². The predicted octanol–water partition coefficient (Wildman–Crippen LogP) is 1.02. The maximum atomic E-state index is 14.5. The summed E-state index contributed by atoms with van der Waals surface area (Å²) in [5.41, 5.74) is 6.22. The van der Waals surface area contributed by atoms with Crippen LogP contribution in [0.15, 0.2) is 0 Å². The van der Waals surface area contributed by atoms with Crippen LogP contribution in [0.25, 0.3) is 0 Å². The molecule has 0 spiro atoms. The summed E-state index contributed by atoms with van der Waals surface area (Å²) in [4.78, 5) is 4.63. The Morgan fingerprint density at radius 3 is 2.52 bits per heavy atom. The fraction of sp³-hybridized carbons (Fsp3) is 1.00. The molecule has 0 aliphatic carbocycles. The summed E-state index contributed by atoms with van der Waals surface area (Å²) in [6.07, 6.45) is 2.95. The van der Waals surface area contributed by atoms with Gasteiger partial charge in [0.05, 0.1) is 25.4 Å². The minimum absolute atomic E-state index is 0.156. The van der Waals surface area contributed by atoms with E-state index in [4.69, 9.17) is 15.2 Å². The molecule has 3 aliphatic rings. The van der Waals surface area contributed by atoms with Crippen LogP contribution < -0.4 is 5.73 Å². The summed E-state index contributed by atoms with van der Waals surface area (Å²) in [5.74, 6) is 0. The zero-order valence-corrected chi connectivity index (χ0v) is 14.3. The zero-order valence-electron chi connectivity index (χ0n) is 14.3. The number of nitrogens with two attached hydrogens (primary N) is 1. The van der Waals surface area contributed by atoms with Gasteiger partial charge in [0, 0.05) is 32.2 Å². The van der Waals surface area contributed by atoms with Crippen molar-refractivity contribution in [2.45, 2.75) is 63.1 Å². The van der Waals surface area contributed by atoms with Gasteiger partial charge in [0.25, 0.3) is 0 Å². The number of alkyl halides is 1. The van der Waals surface area contributed by atoms with Crippen molar-refractivity contribution in [1.29, 1.82) is 0 Å². The van der Waals surface area contributed by atoms with E-state index in [2.05, 4.69) is 16.7 Å². The second-order valence-electron chi connectivity index (χ2n) is 7.32. The Morgan fingerprint density at radius 2 is 1.96 bits per heavy atom. The van der Waals surface area contributed by atoms with Crippen LogP contribution in [0.4, 0.5) is 4.39 Å². The van der Waals surface area contributed by atoms with Crippen molar-refractivity contribution >= 4 is 0 Å². The zero-order chi connectivity index (χ0) is 16.2. The van der Waals surface area contributed by atoms with Gasteiger partial charge >= 0.3 is 0 Å². The highest BCUT2D eigenvalue weighted by Crippen LogP contribution is 2.24. The van der Waals surface area contributed by atoms with Gasteiger partial charge in [-0.3, -0.25) is 9.80 Å². The van der Waals surface area contributed by atoms with Crippen molar-refractivity contribution in [3.8, 4) is 0 Å². The largest absolute Gasteiger partial charge is 0.378 e. The molecule has 0 aromatic carbocycles. The number of nitrogens with zero attached hydrogens (tertiary/aromatic N) is 2. The summed E-state index contributed by atoms with van der Waals surface area (Å²) in [6.45, 7) is 8.10. The molecule has 3 rings (SSSR count). The molecule has 0 aromatic rings. The van der Waals surface area contributed by atoms with Crippen LogP contribution >= 0.6 is 0 Å². The van der Waals surface area contributed by atoms with Gasteiger partial charge in [0.2, 0.25) is 0 Å². The summed E-state index contributed by atoms with van der Waals surface area (Å²) in [7, 11) is 0. The van der Waals surface area contributed by atoms with E-state index in [0.717, 1.165) is 65.1 Å². The predicted molar refractivity (Wildman–Crippen MR) is 88.3 cm³/mol. The first-order valence-electron chi connectivity index (χ1n) is 9.26. The number of rotatable bonds is 6. The third kappa shape index (κ3) is 4.42. The Hall–Kier alpha value is -0.270. The van der Waals surface area contributed by atoms with E-state index in [1.807, 2.05) is 0 Å². The van der Waals surface area contributed by atoms with E-state index in [-0.39, 0.29) is 12.1 Å². The SMILES string of the molecule is CCCCN1CC(N)C(OC2CCN(C3COC3)CC2)C(F)C1. The van der Waals surface area contributed by atoms with Gasteiger partial charge in [0.15, 0.2) is 0 Å². The molecular weight excluding hydrogens is 297 g/mol. The molecule has 23 heavy (non-hydrogen) atoms. The Morgan fingerprint density at radius 1 is 1.22 bits per heavy atom. The molecule has 3 aliphatic heterocycles. The first-order chi connectivity index (χ1) is 11.2. The van der Waals surface area contributed by atoms with E-state index in [1.165, 1.54) is 0 Å². The number of hydrogen-bond donors (Lipinski definition) is 1. The Bertz CT molecular complexity index is 350. The molecule has 134 valence electrons. The van der Waals surface area contributed by atoms with Crippen molar-refractivity contribution in [3.63, 3.8) is 0 Å². The molecule has 5 nitrogen and oxygen atoms in total. The van der Waals surface area contributed by atoms with Gasteiger partial charge in [-0.15, -0.1) is 0 Å². The fourth-order valence-electron chi connectivity index (χ4n) is 3.88. The van der Waals surface area contributed by atoms with E-state index < -0.39 is 12.3 Å². The van der Waals surface area contributed by atoms with Crippen molar-refractivity contribution < 1.29 is 13.9 Å². The highest BCUT2D eigenvalue weighted by atomic mass is 19.1. The molecule has 0 amide bonds. The number of halogens is 1. The summed E-state index contributed by atoms with van der Waals surface area (Å²) in [6, 6.07) is 0.377. The van der Waals surface area contributed by atoms with Crippen molar-refractivity contribution in [3.05, 3.63) is 0 Å². The second kappa shape index (κ2) is 8.21. The van der Waals surface area contributed by atoms with E-state index in [0.29, 0.717) is 12.6 Å². The average molecular weight is 329 g/mol. The lowest BCUT2D eigenvalue weighted by Gasteiger charge is -2.44. The Balaban J connectivity index is 1.43. The molecule has 0 saturated carbocycles. The van der Waals surface area contributed by atoms with Gasteiger partial charge in [-0.2, -0.15) is 0 Å². The molecule has 3 fully saturated rings. The molecule has 0 aromatic heterocycles. The molecule has 3 unspecified atom stereocenters. The summed E-state index contributed by atoms with van der Waals surface area (Å²) in [5, 5.41) is 0. The normalized spacial score (nSPS) is 35.3. The van der Waals surface area contributed by atoms with E-state index in [9.17, 15) is 4.39 Å². The Kier molecular flexibility index (Phi) is 6.26. The summed E-state index contributed by atoms with van der Waals surface area (Å²) < 4.78 is 25.9. The lowest BCUT2D eigenvalue weighted by Crippen LogP contribution is -2.60. The number of piperidine rings is 2. The molecule has 6 heteroatoms. The monoisotopic (exact) mass is 329 g/mol. The van der Waals surface area contributed by atoms with Crippen molar-refractivity contribution in [2.75, 3.05) is 45.9 Å². The van der Waals surface area contributed by atoms with Gasteiger partial charge in [-0.1, -0.05) is 13.3 Å². The van der Waals surface area contributed by atoms with E-state index in [1.54, 1.807) is 0 Å². The third-order valence-corrected chi connectivity index (χ3v) is 5.47. The number of ether oxygens (including phenoxy) is 2. The first kappa shape index (κ1) is 17.5. The molecule has 3 heterocycles. The molecular formula is C17H32FN3O2. The van der Waals surface area contributed by atoms with Crippen LogP contribution in [0.1, 0.15) is 32.6 Å². The number of likely N-dealkylation sites (tertiary alicyclic amines) is 2. The van der Waals surface area contributed by atoms with Crippen LogP contribution in [-0.2, 0) is 9.47 Å². The quantitative estimate of drug-likeness (QED) is 0.788. The maximum absolute atomic E-state index is 14.5. The molecule has 3 atom stereocenters. The van der Waals surface area contributed by atoms with Gasteiger partial charge < -0.3 is 15.2 Å². The molecule has 0 radical (unpaired) electrons. The number of hydrogen-bond acceptors (Lipinski definition) is 5. The van der Waals surface area contributed by atoms with Crippen LogP contribution in [0, 0.1) is 0 Å². The molecule has 2 N–H and O–H groups in total. The second-order valence-corrected chi connectivity index (χ2v) is 7.32. The molecule has 0 bridgehead atoms. The minimum Gasteiger partial charge on any atom is -0.378 e. The first-order valence-corrected chi connectivity index (χ1v) is 9.26. The Labute approximate surface area is 139 Å². The smallest absolute Gasteiger partial charge is 0.140 e. The topological polar surface area (TPSA) is 51.0 Å². The van der Waals surface area contributed by atoms with Gasteiger partial charge in [-0.05, 0) is 25.8 Å². The molecule has 3 saturated heterocycles. The minimum atomic E-state index is -0.964. The fourth-order valence-corrected chi connectivity index (χ4v) is 3.88. The third-order valence-electron chi connectivity index (χ3n) is 5.47. The standard InChI is InChI=1S/C17H32FN3O2/c1-2-3-6-20-9-15(18)17(16(19)10-20)23-14-4-7-21(8-5-14)13-11-22-12-13/h13-17H,2-12,19H2,1H3. The van der Waals surface area contributed by atoms with Crippen molar-refractivity contribution in [1.82, 2.24) is 9.80 Å². The van der Waals surface area contributed by atoms with E-state index >= 15 is 0 Å². The highest BCUT2D eigenvalue weighted by Gasteiger charge is 2.38. The lowest BCUT2D eigenvalue weighted by molar-refractivity contribution is -0.124. The highest BCUT2D eigenvalue weighted by molar-refractivity contribution is 4.92. The number of unbranched alkanes of at least 4 members (excludes halogenated alkanes) is 1. The van der Waals surface area contributed by atoms with Crippen molar-refractivity contribution in [2.24, 2.45) is 5.73 Å². The maximum Gasteiger partial charge on any atom is 0.140 e.